The zero-order valence-electron chi connectivity index (χ0n) is 8.89. The fourth-order valence-corrected chi connectivity index (χ4v) is 1.58. The summed E-state index contributed by atoms with van der Waals surface area (Å²) in [5.74, 6) is 0. The minimum absolute atomic E-state index is 0.569. The molecule has 0 radical (unpaired) electrons. The lowest BCUT2D eigenvalue weighted by Gasteiger charge is -2.10. The average Bonchev–Trinajstić information content (AvgIpc) is 2.30. The molecule has 0 fully saturated rings. The number of hydrogen-bond donors (Lipinski definition) is 1. The first-order chi connectivity index (χ1) is 7.66. The van der Waals surface area contributed by atoms with E-state index >= 15 is 0 Å². The van der Waals surface area contributed by atoms with Crippen molar-refractivity contribution in [3.63, 3.8) is 0 Å². The van der Waals surface area contributed by atoms with E-state index in [9.17, 15) is 5.11 Å². The Labute approximate surface area is 99.5 Å². The first-order valence-corrected chi connectivity index (χ1v) is 5.41. The van der Waals surface area contributed by atoms with Crippen LogP contribution in [0.1, 0.15) is 22.9 Å². The average molecular weight is 234 g/mol. The van der Waals surface area contributed by atoms with Gasteiger partial charge >= 0.3 is 0 Å². The number of nitrogens with zero attached hydrogens (tertiary/aromatic N) is 1. The van der Waals surface area contributed by atoms with Gasteiger partial charge in [-0.3, -0.25) is 4.98 Å². The van der Waals surface area contributed by atoms with Crippen LogP contribution in [0.15, 0.2) is 42.6 Å². The third-order valence-corrected chi connectivity index (χ3v) is 2.65. The van der Waals surface area contributed by atoms with Gasteiger partial charge in [-0.1, -0.05) is 41.4 Å². The standard InChI is InChI=1S/C13H12ClNO/c1-9-2-4-10(5-3-9)13(16)12-7-6-11(14)8-15-12/h2-8,13,16H,1H3. The Morgan fingerprint density at radius 2 is 1.81 bits per heavy atom. The van der Waals surface area contributed by atoms with Crippen molar-refractivity contribution in [2.75, 3.05) is 0 Å². The Bertz CT molecular complexity index is 419. The van der Waals surface area contributed by atoms with Crippen LogP contribution in [0.25, 0.3) is 0 Å². The number of aromatic nitrogens is 1. The maximum Gasteiger partial charge on any atom is 0.121 e. The van der Waals surface area contributed by atoms with Crippen molar-refractivity contribution in [2.45, 2.75) is 13.0 Å². The molecule has 0 aliphatic heterocycles. The van der Waals surface area contributed by atoms with E-state index in [1.807, 2.05) is 31.2 Å². The summed E-state index contributed by atoms with van der Waals surface area (Å²) in [6.07, 6.45) is 0.840. The zero-order valence-corrected chi connectivity index (χ0v) is 9.65. The van der Waals surface area contributed by atoms with Gasteiger partial charge in [0.15, 0.2) is 0 Å². The van der Waals surface area contributed by atoms with Gasteiger partial charge < -0.3 is 5.11 Å². The molecule has 2 nitrogen and oxygen atoms in total. The van der Waals surface area contributed by atoms with Crippen LogP contribution in [0.5, 0.6) is 0 Å². The smallest absolute Gasteiger partial charge is 0.121 e. The number of benzene rings is 1. The van der Waals surface area contributed by atoms with Crippen molar-refractivity contribution in [3.05, 3.63) is 64.4 Å². The molecule has 1 heterocycles. The van der Waals surface area contributed by atoms with Crippen molar-refractivity contribution in [2.24, 2.45) is 0 Å². The first-order valence-electron chi connectivity index (χ1n) is 5.03. The number of pyridine rings is 1. The zero-order chi connectivity index (χ0) is 11.5. The molecule has 2 rings (SSSR count). The second-order valence-corrected chi connectivity index (χ2v) is 4.15. The fourth-order valence-electron chi connectivity index (χ4n) is 1.47. The molecule has 3 heteroatoms. The van der Waals surface area contributed by atoms with Crippen LogP contribution in [0.4, 0.5) is 0 Å². The first kappa shape index (κ1) is 11.1. The lowest BCUT2D eigenvalue weighted by atomic mass is 10.0. The molecule has 1 aromatic heterocycles. The summed E-state index contributed by atoms with van der Waals surface area (Å²) in [5, 5.41) is 10.6. The van der Waals surface area contributed by atoms with Gasteiger partial charge in [0.05, 0.1) is 10.7 Å². The van der Waals surface area contributed by atoms with Crippen LogP contribution >= 0.6 is 11.6 Å². The van der Waals surface area contributed by atoms with Gasteiger partial charge in [-0.15, -0.1) is 0 Å². The summed E-state index contributed by atoms with van der Waals surface area (Å²) in [5.41, 5.74) is 2.61. The van der Waals surface area contributed by atoms with Crippen LogP contribution in [-0.4, -0.2) is 10.1 Å². The predicted molar refractivity (Wildman–Crippen MR) is 64.5 cm³/mol. The second-order valence-electron chi connectivity index (χ2n) is 3.71. The van der Waals surface area contributed by atoms with Crippen LogP contribution in [0.3, 0.4) is 0 Å². The van der Waals surface area contributed by atoms with E-state index in [1.165, 1.54) is 11.8 Å². The molecule has 2 aromatic rings. The number of hydrogen-bond acceptors (Lipinski definition) is 2. The van der Waals surface area contributed by atoms with Gasteiger partial charge in [-0.25, -0.2) is 0 Å². The van der Waals surface area contributed by atoms with Crippen molar-refractivity contribution >= 4 is 11.6 Å². The topological polar surface area (TPSA) is 33.1 Å². The van der Waals surface area contributed by atoms with E-state index in [2.05, 4.69) is 4.98 Å². The van der Waals surface area contributed by atoms with E-state index in [0.29, 0.717) is 10.7 Å². The molecule has 0 aliphatic rings. The Kier molecular flexibility index (Phi) is 3.22. The van der Waals surface area contributed by atoms with Gasteiger partial charge in [0.25, 0.3) is 0 Å². The lowest BCUT2D eigenvalue weighted by molar-refractivity contribution is 0.215. The lowest BCUT2D eigenvalue weighted by Crippen LogP contribution is -2.01. The molecule has 1 N–H and O–H groups in total. The Morgan fingerprint density at radius 1 is 1.12 bits per heavy atom. The molecular weight excluding hydrogens is 222 g/mol. The highest BCUT2D eigenvalue weighted by Gasteiger charge is 2.10. The molecule has 16 heavy (non-hydrogen) atoms. The SMILES string of the molecule is Cc1ccc(C(O)c2ccc(Cl)cn2)cc1. The van der Waals surface area contributed by atoms with Crippen molar-refractivity contribution in [1.82, 2.24) is 4.98 Å². The molecular formula is C13H12ClNO. The molecule has 0 bridgehead atoms. The van der Waals surface area contributed by atoms with Gasteiger partial charge in [0.1, 0.15) is 6.10 Å². The molecule has 0 saturated carbocycles. The van der Waals surface area contributed by atoms with Gasteiger partial charge in [0, 0.05) is 6.20 Å². The summed E-state index contributed by atoms with van der Waals surface area (Å²) in [6, 6.07) is 11.2. The number of aryl methyl sites for hydroxylation is 1. The Balaban J connectivity index is 2.28. The summed E-state index contributed by atoms with van der Waals surface area (Å²) in [6.45, 7) is 2.01. The maximum absolute atomic E-state index is 10.1. The number of halogens is 1. The minimum Gasteiger partial charge on any atom is -0.382 e. The highest BCUT2D eigenvalue weighted by Crippen LogP contribution is 2.21. The Hall–Kier alpha value is -1.38. The fraction of sp³-hybridized carbons (Fsp3) is 0.154. The highest BCUT2D eigenvalue weighted by molar-refractivity contribution is 6.30. The van der Waals surface area contributed by atoms with Crippen molar-refractivity contribution in [1.29, 1.82) is 0 Å². The maximum atomic E-state index is 10.1. The van der Waals surface area contributed by atoms with Crippen molar-refractivity contribution < 1.29 is 5.11 Å². The number of rotatable bonds is 2. The molecule has 0 aliphatic carbocycles. The summed E-state index contributed by atoms with van der Waals surface area (Å²) >= 11 is 5.74. The molecule has 0 saturated heterocycles. The van der Waals surface area contributed by atoms with Gasteiger partial charge in [0.2, 0.25) is 0 Å². The molecule has 0 amide bonds. The second kappa shape index (κ2) is 4.64. The van der Waals surface area contributed by atoms with Gasteiger partial charge in [-0.05, 0) is 24.6 Å². The minimum atomic E-state index is -0.696. The van der Waals surface area contributed by atoms with Crippen LogP contribution in [0.2, 0.25) is 5.02 Å². The Morgan fingerprint density at radius 3 is 2.38 bits per heavy atom. The van der Waals surface area contributed by atoms with Gasteiger partial charge in [-0.2, -0.15) is 0 Å². The molecule has 82 valence electrons. The highest BCUT2D eigenvalue weighted by atomic mass is 35.5. The van der Waals surface area contributed by atoms with Crippen molar-refractivity contribution in [3.8, 4) is 0 Å². The molecule has 1 aromatic carbocycles. The van der Waals surface area contributed by atoms with Crippen LogP contribution < -0.4 is 0 Å². The van der Waals surface area contributed by atoms with E-state index in [4.69, 9.17) is 11.6 Å². The van der Waals surface area contributed by atoms with E-state index in [-0.39, 0.29) is 0 Å². The number of aliphatic hydroxyl groups is 1. The van der Waals surface area contributed by atoms with E-state index in [1.54, 1.807) is 12.1 Å². The molecule has 1 unspecified atom stereocenters. The molecule has 1 atom stereocenters. The third kappa shape index (κ3) is 2.40. The summed E-state index contributed by atoms with van der Waals surface area (Å²) in [4.78, 5) is 4.10. The van der Waals surface area contributed by atoms with Crippen LogP contribution in [0, 0.1) is 6.92 Å². The normalized spacial score (nSPS) is 12.4. The number of aliphatic hydroxyl groups excluding tert-OH is 1. The predicted octanol–water partition coefficient (Wildman–Crippen LogP) is 3.13. The monoisotopic (exact) mass is 233 g/mol. The van der Waals surface area contributed by atoms with Crippen LogP contribution in [-0.2, 0) is 0 Å². The largest absolute Gasteiger partial charge is 0.382 e. The quantitative estimate of drug-likeness (QED) is 0.865. The van der Waals surface area contributed by atoms with E-state index < -0.39 is 6.10 Å². The summed E-state index contributed by atoms with van der Waals surface area (Å²) in [7, 11) is 0. The summed E-state index contributed by atoms with van der Waals surface area (Å²) < 4.78 is 0. The third-order valence-electron chi connectivity index (χ3n) is 2.42. The molecule has 0 spiro atoms. The van der Waals surface area contributed by atoms with E-state index in [0.717, 1.165) is 5.56 Å².